The molecule has 0 aliphatic heterocycles. The Balaban J connectivity index is 2.76. The van der Waals surface area contributed by atoms with Crippen molar-refractivity contribution in [2.24, 2.45) is 5.11 Å². The second kappa shape index (κ2) is 7.40. The summed E-state index contributed by atoms with van der Waals surface area (Å²) in [6.07, 6.45) is 1.02. The highest BCUT2D eigenvalue weighted by molar-refractivity contribution is 7.98. The molecule has 0 bridgehead atoms. The van der Waals surface area contributed by atoms with Crippen molar-refractivity contribution in [1.82, 2.24) is 9.97 Å². The number of halogens is 1. The molecule has 0 radical (unpaired) electrons. The number of aliphatic hydroxyl groups is 2. The standard InChI is InChI=1S/C9H12ClN5O2S/c1-18-9-12-4-5(8(10)14-9)7(17)6(16)2-3-13-15-11/h4,6-7,16-17H,2-3H2,1H3. The summed E-state index contributed by atoms with van der Waals surface area (Å²) >= 11 is 7.21. The smallest absolute Gasteiger partial charge is 0.188 e. The minimum absolute atomic E-state index is 0.0934. The van der Waals surface area contributed by atoms with E-state index in [1.807, 2.05) is 0 Å². The number of aromatic nitrogens is 2. The van der Waals surface area contributed by atoms with Crippen LogP contribution in [0.25, 0.3) is 10.4 Å². The highest BCUT2D eigenvalue weighted by atomic mass is 35.5. The third-order valence-electron chi connectivity index (χ3n) is 2.20. The van der Waals surface area contributed by atoms with Crippen LogP contribution in [0.3, 0.4) is 0 Å². The minimum Gasteiger partial charge on any atom is -0.390 e. The van der Waals surface area contributed by atoms with Gasteiger partial charge >= 0.3 is 0 Å². The van der Waals surface area contributed by atoms with E-state index in [-0.39, 0.29) is 23.7 Å². The summed E-state index contributed by atoms with van der Waals surface area (Å²) in [6, 6.07) is 0. The first-order chi connectivity index (χ1) is 8.60. The highest BCUT2D eigenvalue weighted by Crippen LogP contribution is 2.25. The average Bonchev–Trinajstić information content (AvgIpc) is 2.38. The van der Waals surface area contributed by atoms with Crippen LogP contribution in [0, 0.1) is 0 Å². The molecule has 0 aromatic carbocycles. The van der Waals surface area contributed by atoms with Crippen molar-refractivity contribution in [2.75, 3.05) is 12.8 Å². The molecule has 0 spiro atoms. The fraction of sp³-hybridized carbons (Fsp3) is 0.556. The van der Waals surface area contributed by atoms with E-state index >= 15 is 0 Å². The van der Waals surface area contributed by atoms with E-state index < -0.39 is 12.2 Å². The van der Waals surface area contributed by atoms with Gasteiger partial charge in [-0.05, 0) is 18.2 Å². The van der Waals surface area contributed by atoms with Gasteiger partial charge in [-0.3, -0.25) is 0 Å². The van der Waals surface area contributed by atoms with Crippen LogP contribution in [-0.2, 0) is 0 Å². The highest BCUT2D eigenvalue weighted by Gasteiger charge is 2.21. The van der Waals surface area contributed by atoms with Crippen molar-refractivity contribution >= 4 is 23.4 Å². The molecule has 2 atom stereocenters. The summed E-state index contributed by atoms with van der Waals surface area (Å²) in [5, 5.41) is 23.4. The van der Waals surface area contributed by atoms with Gasteiger partial charge in [-0.15, -0.1) is 0 Å². The van der Waals surface area contributed by atoms with Gasteiger partial charge in [-0.2, -0.15) is 0 Å². The van der Waals surface area contributed by atoms with E-state index in [0.717, 1.165) is 0 Å². The van der Waals surface area contributed by atoms with Crippen LogP contribution in [0.4, 0.5) is 0 Å². The lowest BCUT2D eigenvalue weighted by Gasteiger charge is -2.17. The summed E-state index contributed by atoms with van der Waals surface area (Å²) < 4.78 is 0. The van der Waals surface area contributed by atoms with Gasteiger partial charge in [0.1, 0.15) is 11.3 Å². The lowest BCUT2D eigenvalue weighted by Crippen LogP contribution is -2.20. The van der Waals surface area contributed by atoms with Crippen LogP contribution >= 0.6 is 23.4 Å². The van der Waals surface area contributed by atoms with Gasteiger partial charge in [0.15, 0.2) is 5.16 Å². The van der Waals surface area contributed by atoms with E-state index in [9.17, 15) is 10.2 Å². The van der Waals surface area contributed by atoms with Crippen LogP contribution in [0.5, 0.6) is 0 Å². The molecule has 0 aliphatic rings. The second-order valence-corrected chi connectivity index (χ2v) is 4.49. The molecule has 1 aromatic rings. The number of aliphatic hydroxyl groups excluding tert-OH is 2. The third kappa shape index (κ3) is 4.01. The van der Waals surface area contributed by atoms with Gasteiger partial charge in [0.25, 0.3) is 0 Å². The van der Waals surface area contributed by atoms with Crippen LogP contribution < -0.4 is 0 Å². The molecule has 0 amide bonds. The molecule has 0 fully saturated rings. The Morgan fingerprint density at radius 3 is 2.89 bits per heavy atom. The lowest BCUT2D eigenvalue weighted by molar-refractivity contribution is 0.0146. The van der Waals surface area contributed by atoms with Crippen LogP contribution in [0.15, 0.2) is 16.5 Å². The van der Waals surface area contributed by atoms with Crippen molar-refractivity contribution in [3.8, 4) is 0 Å². The summed E-state index contributed by atoms with van der Waals surface area (Å²) in [5.41, 5.74) is 8.36. The second-order valence-electron chi connectivity index (χ2n) is 3.36. The van der Waals surface area contributed by atoms with Gasteiger partial charge in [0.05, 0.1) is 6.10 Å². The Kier molecular flexibility index (Phi) is 6.17. The predicted molar refractivity (Wildman–Crippen MR) is 68.4 cm³/mol. The van der Waals surface area contributed by atoms with Crippen molar-refractivity contribution in [3.63, 3.8) is 0 Å². The molecule has 7 nitrogen and oxygen atoms in total. The summed E-state index contributed by atoms with van der Waals surface area (Å²) in [4.78, 5) is 10.5. The number of thioether (sulfide) groups is 1. The van der Waals surface area contributed by atoms with E-state index in [1.54, 1.807) is 6.26 Å². The Hall–Kier alpha value is -1.05. The largest absolute Gasteiger partial charge is 0.390 e. The Bertz CT molecular complexity index is 455. The first-order valence-electron chi connectivity index (χ1n) is 5.03. The predicted octanol–water partition coefficient (Wildman–Crippen LogP) is 1.95. The molecular formula is C9H12ClN5O2S. The summed E-state index contributed by atoms with van der Waals surface area (Å²) in [5.74, 6) is 0. The van der Waals surface area contributed by atoms with Crippen molar-refractivity contribution in [3.05, 3.63) is 27.4 Å². The molecule has 1 heterocycles. The van der Waals surface area contributed by atoms with Gasteiger partial charge in [-0.1, -0.05) is 28.5 Å². The fourth-order valence-corrected chi connectivity index (χ4v) is 1.88. The zero-order valence-electron chi connectivity index (χ0n) is 9.56. The topological polar surface area (TPSA) is 115 Å². The van der Waals surface area contributed by atoms with E-state index in [1.165, 1.54) is 18.0 Å². The summed E-state index contributed by atoms with van der Waals surface area (Å²) in [7, 11) is 0. The van der Waals surface area contributed by atoms with Crippen LogP contribution in [0.2, 0.25) is 5.15 Å². The first-order valence-corrected chi connectivity index (χ1v) is 6.63. The quantitative estimate of drug-likeness (QED) is 0.207. The molecule has 9 heteroatoms. The average molecular weight is 290 g/mol. The SMILES string of the molecule is CSc1ncc(C(O)C(O)CCN=[N+]=[N-])c(Cl)n1. The molecule has 2 N–H and O–H groups in total. The Labute approximate surface area is 113 Å². The molecule has 0 saturated heterocycles. The van der Waals surface area contributed by atoms with Gasteiger partial charge in [-0.25, -0.2) is 9.97 Å². The maximum absolute atomic E-state index is 9.88. The summed E-state index contributed by atoms with van der Waals surface area (Å²) in [6.45, 7) is 0.0934. The molecule has 1 aromatic heterocycles. The molecular weight excluding hydrogens is 278 g/mol. The van der Waals surface area contributed by atoms with Crippen molar-refractivity contribution in [1.29, 1.82) is 0 Å². The Morgan fingerprint density at radius 2 is 2.33 bits per heavy atom. The molecule has 98 valence electrons. The zero-order valence-corrected chi connectivity index (χ0v) is 11.1. The van der Waals surface area contributed by atoms with E-state index in [2.05, 4.69) is 20.0 Å². The van der Waals surface area contributed by atoms with Crippen LogP contribution in [-0.4, -0.2) is 39.1 Å². The Morgan fingerprint density at radius 1 is 1.61 bits per heavy atom. The number of rotatable bonds is 6. The molecule has 18 heavy (non-hydrogen) atoms. The monoisotopic (exact) mass is 289 g/mol. The van der Waals surface area contributed by atoms with Crippen molar-refractivity contribution < 1.29 is 10.2 Å². The van der Waals surface area contributed by atoms with Gasteiger partial charge in [0.2, 0.25) is 0 Å². The maximum Gasteiger partial charge on any atom is 0.188 e. The van der Waals surface area contributed by atoms with E-state index in [0.29, 0.717) is 5.16 Å². The number of hydrogen-bond acceptors (Lipinski definition) is 6. The van der Waals surface area contributed by atoms with Gasteiger partial charge in [0, 0.05) is 23.2 Å². The molecule has 0 saturated carbocycles. The minimum atomic E-state index is -1.21. The number of nitrogens with zero attached hydrogens (tertiary/aromatic N) is 5. The maximum atomic E-state index is 9.88. The normalized spacial score (nSPS) is 13.8. The third-order valence-corrected chi connectivity index (χ3v) is 3.06. The first kappa shape index (κ1) is 15.0. The molecule has 0 aliphatic carbocycles. The number of hydrogen-bond donors (Lipinski definition) is 2. The number of azide groups is 1. The molecule has 2 unspecified atom stereocenters. The van der Waals surface area contributed by atoms with E-state index in [4.69, 9.17) is 17.1 Å². The van der Waals surface area contributed by atoms with Crippen LogP contribution in [0.1, 0.15) is 18.1 Å². The van der Waals surface area contributed by atoms with Crippen molar-refractivity contribution in [2.45, 2.75) is 23.8 Å². The van der Waals surface area contributed by atoms with Gasteiger partial charge < -0.3 is 10.2 Å². The fourth-order valence-electron chi connectivity index (χ4n) is 1.25. The zero-order chi connectivity index (χ0) is 13.5. The molecule has 1 rings (SSSR count). The lowest BCUT2D eigenvalue weighted by atomic mass is 10.1.